The van der Waals surface area contributed by atoms with Crippen LogP contribution in [0.2, 0.25) is 0 Å². The molecule has 5 rings (SSSR count). The number of likely N-dealkylation sites (tertiary alicyclic amines) is 2. The largest absolute Gasteiger partial charge is 0.490 e. The monoisotopic (exact) mass is 541 g/mol. The van der Waals surface area contributed by atoms with Gasteiger partial charge >= 0.3 is 0 Å². The number of hydrogen-bond donors (Lipinski definition) is 1. The van der Waals surface area contributed by atoms with E-state index in [4.69, 9.17) is 4.74 Å². The molecule has 2 fully saturated rings. The summed E-state index contributed by atoms with van der Waals surface area (Å²) < 4.78 is 6.35. The van der Waals surface area contributed by atoms with Crippen molar-refractivity contribution in [3.63, 3.8) is 0 Å². The molecule has 1 aliphatic carbocycles. The van der Waals surface area contributed by atoms with Crippen molar-refractivity contribution >= 4 is 5.91 Å². The minimum absolute atomic E-state index is 0.0205. The molecule has 5 heteroatoms. The Kier molecular flexibility index (Phi) is 10.5. The molecule has 2 heterocycles. The number of hydrogen-bond acceptors (Lipinski definition) is 4. The van der Waals surface area contributed by atoms with Gasteiger partial charge in [-0.1, -0.05) is 61.6 Å². The summed E-state index contributed by atoms with van der Waals surface area (Å²) in [5, 5.41) is 3.16. The third-order valence-corrected chi connectivity index (χ3v) is 8.97. The van der Waals surface area contributed by atoms with Crippen LogP contribution < -0.4 is 10.1 Å². The highest BCUT2D eigenvalue weighted by Gasteiger charge is 2.27. The van der Waals surface area contributed by atoms with Gasteiger partial charge in [0.1, 0.15) is 11.9 Å². The highest BCUT2D eigenvalue weighted by molar-refractivity contribution is 5.94. The molecule has 0 saturated carbocycles. The van der Waals surface area contributed by atoms with Crippen molar-refractivity contribution in [2.24, 2.45) is 11.8 Å². The van der Waals surface area contributed by atoms with Crippen molar-refractivity contribution in [2.45, 2.75) is 57.5 Å². The number of carbonyl (C=O) groups is 1. The second-order valence-electron chi connectivity index (χ2n) is 11.9. The van der Waals surface area contributed by atoms with E-state index in [0.717, 1.165) is 64.3 Å². The summed E-state index contributed by atoms with van der Waals surface area (Å²) in [6.07, 6.45) is 16.0. The third kappa shape index (κ3) is 8.08. The molecule has 5 nitrogen and oxygen atoms in total. The second kappa shape index (κ2) is 14.7. The Morgan fingerprint density at radius 2 is 1.65 bits per heavy atom. The number of rotatable bonds is 11. The summed E-state index contributed by atoms with van der Waals surface area (Å²) in [7, 11) is 0. The van der Waals surface area contributed by atoms with Crippen LogP contribution in [0.25, 0.3) is 0 Å². The van der Waals surface area contributed by atoms with Gasteiger partial charge in [0.15, 0.2) is 0 Å². The van der Waals surface area contributed by atoms with E-state index in [2.05, 4.69) is 76.7 Å². The zero-order chi connectivity index (χ0) is 27.6. The first-order valence-electron chi connectivity index (χ1n) is 15.6. The van der Waals surface area contributed by atoms with E-state index in [-0.39, 0.29) is 12.0 Å². The molecule has 0 bridgehead atoms. The summed E-state index contributed by atoms with van der Waals surface area (Å²) in [4.78, 5) is 17.9. The maximum Gasteiger partial charge on any atom is 0.251 e. The molecule has 0 radical (unpaired) electrons. The van der Waals surface area contributed by atoms with Crippen LogP contribution in [0.1, 0.15) is 67.3 Å². The van der Waals surface area contributed by atoms with Gasteiger partial charge in [-0.25, -0.2) is 0 Å². The lowest BCUT2D eigenvalue weighted by atomic mass is 9.81. The topological polar surface area (TPSA) is 44.8 Å². The standard InChI is InChI=1S/C35H47N3O2/c1-2-21-37-22-17-28(18-23-37)26-36-35(39)31-13-15-32(16-14-31)40-33-19-24-38(25-20-33)27-34(29-9-5-3-6-10-29)30-11-7-4-8-12-30/h3-11,13-16,28,30,33-34H,2,12,17-27H2,1H3,(H,36,39). The third-order valence-electron chi connectivity index (χ3n) is 8.97. The van der Waals surface area contributed by atoms with E-state index in [0.29, 0.717) is 23.3 Å². The number of ether oxygens (including phenoxy) is 1. The highest BCUT2D eigenvalue weighted by Crippen LogP contribution is 2.32. The fourth-order valence-electron chi connectivity index (χ4n) is 6.52. The zero-order valence-electron chi connectivity index (χ0n) is 24.2. The molecule has 2 unspecified atom stereocenters. The van der Waals surface area contributed by atoms with Crippen LogP contribution in [0.15, 0.2) is 78.9 Å². The van der Waals surface area contributed by atoms with Crippen molar-refractivity contribution in [3.05, 3.63) is 90.0 Å². The number of nitrogens with one attached hydrogen (secondary N) is 1. The Morgan fingerprint density at radius 3 is 2.33 bits per heavy atom. The Balaban J connectivity index is 1.05. The number of allylic oxidation sites excluding steroid dienone is 4. The van der Waals surface area contributed by atoms with Crippen LogP contribution in [-0.4, -0.2) is 67.6 Å². The molecular formula is C35H47N3O2. The van der Waals surface area contributed by atoms with Gasteiger partial charge < -0.3 is 19.9 Å². The van der Waals surface area contributed by atoms with Crippen molar-refractivity contribution in [3.8, 4) is 5.75 Å². The lowest BCUT2D eigenvalue weighted by molar-refractivity contribution is 0.0931. The molecule has 2 aromatic carbocycles. The summed E-state index contributed by atoms with van der Waals surface area (Å²) in [6, 6.07) is 18.7. The Morgan fingerprint density at radius 1 is 0.925 bits per heavy atom. The van der Waals surface area contributed by atoms with Crippen LogP contribution >= 0.6 is 0 Å². The number of amides is 1. The summed E-state index contributed by atoms with van der Waals surface area (Å²) in [5.41, 5.74) is 2.15. The highest BCUT2D eigenvalue weighted by atomic mass is 16.5. The Bertz CT molecular complexity index is 1100. The van der Waals surface area contributed by atoms with Gasteiger partial charge in [-0.05, 0) is 99.8 Å². The molecular weight excluding hydrogens is 494 g/mol. The molecule has 2 atom stereocenters. The minimum Gasteiger partial charge on any atom is -0.490 e. The van der Waals surface area contributed by atoms with Crippen molar-refractivity contribution in [1.29, 1.82) is 0 Å². The Hall–Kier alpha value is -2.89. The van der Waals surface area contributed by atoms with E-state index < -0.39 is 0 Å². The molecule has 0 spiro atoms. The van der Waals surface area contributed by atoms with Crippen LogP contribution in [0.3, 0.4) is 0 Å². The van der Waals surface area contributed by atoms with Gasteiger partial charge in [-0.2, -0.15) is 0 Å². The Labute approximate surface area is 241 Å². The molecule has 40 heavy (non-hydrogen) atoms. The first-order valence-corrected chi connectivity index (χ1v) is 15.6. The van der Waals surface area contributed by atoms with E-state index in [1.807, 2.05) is 24.3 Å². The van der Waals surface area contributed by atoms with E-state index in [1.54, 1.807) is 0 Å². The van der Waals surface area contributed by atoms with Crippen LogP contribution in [0, 0.1) is 11.8 Å². The van der Waals surface area contributed by atoms with Gasteiger partial charge in [0.25, 0.3) is 5.91 Å². The number of benzene rings is 2. The predicted molar refractivity (Wildman–Crippen MR) is 164 cm³/mol. The molecule has 214 valence electrons. The summed E-state index contributed by atoms with van der Waals surface area (Å²) >= 11 is 0. The fourth-order valence-corrected chi connectivity index (χ4v) is 6.52. The number of nitrogens with zero attached hydrogens (tertiary/aromatic N) is 2. The summed E-state index contributed by atoms with van der Waals surface area (Å²) in [5.74, 6) is 2.53. The number of carbonyl (C=O) groups excluding carboxylic acids is 1. The lowest BCUT2D eigenvalue weighted by Crippen LogP contribution is -2.41. The quantitative estimate of drug-likeness (QED) is 0.363. The maximum absolute atomic E-state index is 12.7. The average Bonchev–Trinajstić information content (AvgIpc) is 3.01. The van der Waals surface area contributed by atoms with Crippen LogP contribution in [0.5, 0.6) is 5.75 Å². The molecule has 2 saturated heterocycles. The van der Waals surface area contributed by atoms with Crippen molar-refractivity contribution < 1.29 is 9.53 Å². The van der Waals surface area contributed by atoms with Gasteiger partial charge in [0, 0.05) is 37.7 Å². The fraction of sp³-hybridized carbons (Fsp3) is 0.514. The van der Waals surface area contributed by atoms with Crippen molar-refractivity contribution in [2.75, 3.05) is 45.8 Å². The zero-order valence-corrected chi connectivity index (χ0v) is 24.2. The SMILES string of the molecule is CCCN1CCC(CNC(=O)c2ccc(OC3CCN(CC(c4ccccc4)C4C=CC=CC4)CC3)cc2)CC1. The van der Waals surface area contributed by atoms with Crippen LogP contribution in [0.4, 0.5) is 0 Å². The van der Waals surface area contributed by atoms with Crippen molar-refractivity contribution in [1.82, 2.24) is 15.1 Å². The second-order valence-corrected chi connectivity index (χ2v) is 11.9. The van der Waals surface area contributed by atoms with Gasteiger partial charge in [-0.3, -0.25) is 4.79 Å². The molecule has 2 aliphatic heterocycles. The van der Waals surface area contributed by atoms with Gasteiger partial charge in [0.2, 0.25) is 0 Å². The van der Waals surface area contributed by atoms with Gasteiger partial charge in [-0.15, -0.1) is 0 Å². The van der Waals surface area contributed by atoms with Gasteiger partial charge in [0.05, 0.1) is 0 Å². The average molecular weight is 542 g/mol. The molecule has 3 aliphatic rings. The lowest BCUT2D eigenvalue weighted by Gasteiger charge is -2.36. The summed E-state index contributed by atoms with van der Waals surface area (Å²) in [6.45, 7) is 9.70. The molecule has 0 aromatic heterocycles. The normalized spacial score (nSPS) is 21.8. The smallest absolute Gasteiger partial charge is 0.251 e. The number of piperidine rings is 2. The van der Waals surface area contributed by atoms with E-state index >= 15 is 0 Å². The predicted octanol–water partition coefficient (Wildman–Crippen LogP) is 6.30. The molecule has 1 N–H and O–H groups in total. The minimum atomic E-state index is 0.0205. The maximum atomic E-state index is 12.7. The first kappa shape index (κ1) is 28.6. The van der Waals surface area contributed by atoms with Crippen LogP contribution in [-0.2, 0) is 0 Å². The van der Waals surface area contributed by atoms with E-state index in [1.165, 1.54) is 31.4 Å². The first-order chi connectivity index (χ1) is 19.7. The van der Waals surface area contributed by atoms with E-state index in [9.17, 15) is 4.79 Å². The molecule has 1 amide bonds. The molecule has 2 aromatic rings.